The van der Waals surface area contributed by atoms with Gasteiger partial charge in [0.05, 0.1) is 6.20 Å². The first-order valence-electron chi connectivity index (χ1n) is 9.39. The van der Waals surface area contributed by atoms with Gasteiger partial charge in [-0.25, -0.2) is 0 Å². The van der Waals surface area contributed by atoms with Crippen molar-refractivity contribution < 1.29 is 0 Å². The Bertz CT molecular complexity index is 1000. The molecule has 3 aromatic rings. The predicted octanol–water partition coefficient (Wildman–Crippen LogP) is 4.66. The molecule has 1 aliphatic heterocycles. The molecule has 2 heterocycles. The van der Waals surface area contributed by atoms with Crippen LogP contribution in [-0.2, 0) is 0 Å². The van der Waals surface area contributed by atoms with E-state index in [0.717, 1.165) is 52.7 Å². The summed E-state index contributed by atoms with van der Waals surface area (Å²) in [5.41, 5.74) is 2.23. The number of anilines is 2. The van der Waals surface area contributed by atoms with Crippen molar-refractivity contribution in [3.8, 4) is 0 Å². The van der Waals surface area contributed by atoms with Crippen molar-refractivity contribution in [1.82, 2.24) is 15.5 Å². The van der Waals surface area contributed by atoms with Gasteiger partial charge in [0.15, 0.2) is 10.9 Å². The van der Waals surface area contributed by atoms with Gasteiger partial charge in [0.25, 0.3) is 0 Å². The number of hydrogen-bond acceptors (Lipinski definition) is 4. The molecule has 0 spiro atoms. The van der Waals surface area contributed by atoms with Crippen LogP contribution in [0.1, 0.15) is 18.4 Å². The molecule has 1 fully saturated rings. The van der Waals surface area contributed by atoms with E-state index in [1.54, 1.807) is 0 Å². The normalized spacial score (nSPS) is 14.9. The number of piperidine rings is 1. The van der Waals surface area contributed by atoms with Gasteiger partial charge in [-0.1, -0.05) is 34.1 Å². The lowest BCUT2D eigenvalue weighted by Gasteiger charge is -2.34. The second-order valence-corrected chi connectivity index (χ2v) is 8.40. The monoisotopic (exact) mass is 455 g/mol. The van der Waals surface area contributed by atoms with Gasteiger partial charge in [0, 0.05) is 40.1 Å². The third-order valence-corrected chi connectivity index (χ3v) is 5.84. The Labute approximate surface area is 178 Å². The van der Waals surface area contributed by atoms with E-state index < -0.39 is 0 Å². The summed E-state index contributed by atoms with van der Waals surface area (Å²) in [4.78, 5) is 2.32. The summed E-state index contributed by atoms with van der Waals surface area (Å²) in [6, 6.07) is 14.8. The minimum absolute atomic E-state index is 0.359. The topological polar surface area (TPSA) is 53.1 Å². The van der Waals surface area contributed by atoms with E-state index in [-0.39, 0.29) is 0 Å². The fourth-order valence-corrected chi connectivity index (χ4v) is 4.23. The first kappa shape index (κ1) is 19.1. The molecule has 4 rings (SSSR count). The summed E-state index contributed by atoms with van der Waals surface area (Å²) in [5.74, 6) is 0.962. The highest BCUT2D eigenvalue weighted by Crippen LogP contribution is 2.28. The van der Waals surface area contributed by atoms with E-state index in [4.69, 9.17) is 12.2 Å². The number of benzene rings is 2. The maximum Gasteiger partial charge on any atom is 0.171 e. The maximum atomic E-state index is 5.51. The molecule has 0 saturated carbocycles. The summed E-state index contributed by atoms with van der Waals surface area (Å²) >= 11 is 9.04. The van der Waals surface area contributed by atoms with E-state index in [2.05, 4.69) is 72.8 Å². The van der Waals surface area contributed by atoms with Crippen molar-refractivity contribution in [2.45, 2.75) is 25.8 Å². The van der Waals surface area contributed by atoms with E-state index in [0.29, 0.717) is 11.2 Å². The highest BCUT2D eigenvalue weighted by atomic mass is 79.9. The lowest BCUT2D eigenvalue weighted by Crippen LogP contribution is -2.46. The molecule has 0 unspecified atom stereocenters. The largest absolute Gasteiger partial charge is 0.360 e. The summed E-state index contributed by atoms with van der Waals surface area (Å²) in [5, 5.41) is 18.3. The molecule has 1 aromatic heterocycles. The summed E-state index contributed by atoms with van der Waals surface area (Å²) in [7, 11) is 0. The zero-order chi connectivity index (χ0) is 19.5. The molecule has 28 heavy (non-hydrogen) atoms. The second-order valence-electron chi connectivity index (χ2n) is 7.07. The van der Waals surface area contributed by atoms with Crippen molar-refractivity contribution in [3.63, 3.8) is 0 Å². The molecule has 0 radical (unpaired) electrons. The summed E-state index contributed by atoms with van der Waals surface area (Å²) in [6.07, 6.45) is 3.82. The van der Waals surface area contributed by atoms with Gasteiger partial charge in [0.1, 0.15) is 0 Å². The van der Waals surface area contributed by atoms with Gasteiger partial charge >= 0.3 is 0 Å². The number of hydrogen-bond donors (Lipinski definition) is 2. The smallest absolute Gasteiger partial charge is 0.171 e. The maximum absolute atomic E-state index is 5.51. The number of halogens is 1. The van der Waals surface area contributed by atoms with Gasteiger partial charge in [-0.2, -0.15) is 5.10 Å². The van der Waals surface area contributed by atoms with Crippen LogP contribution in [0.3, 0.4) is 0 Å². The Morgan fingerprint density at radius 1 is 1.18 bits per heavy atom. The molecule has 0 amide bonds. The van der Waals surface area contributed by atoms with Crippen molar-refractivity contribution in [2.75, 3.05) is 23.3 Å². The number of rotatable bonds is 3. The quantitative estimate of drug-likeness (QED) is 0.560. The van der Waals surface area contributed by atoms with Crippen LogP contribution in [0.4, 0.5) is 11.5 Å². The molecule has 0 aliphatic carbocycles. The fraction of sp³-hybridized carbons (Fsp3) is 0.286. The number of fused-ring (bicyclic) bond motifs is 1. The third kappa shape index (κ3) is 4.25. The van der Waals surface area contributed by atoms with Crippen LogP contribution in [0.5, 0.6) is 0 Å². The highest BCUT2D eigenvalue weighted by Gasteiger charge is 2.22. The minimum atomic E-state index is 0.359. The fourth-order valence-electron chi connectivity index (χ4n) is 3.57. The summed E-state index contributed by atoms with van der Waals surface area (Å²) in [6.45, 7) is 3.93. The number of para-hydroxylation sites is 1. The van der Waals surface area contributed by atoms with E-state index >= 15 is 0 Å². The number of nitrogens with one attached hydrogen (secondary N) is 2. The number of aromatic nitrogens is 2. The van der Waals surface area contributed by atoms with Crippen molar-refractivity contribution >= 4 is 55.5 Å². The van der Waals surface area contributed by atoms with E-state index in [1.165, 1.54) is 5.56 Å². The van der Waals surface area contributed by atoms with Gasteiger partial charge in [-0.3, -0.25) is 0 Å². The SMILES string of the molecule is Cc1ccccc1NC(=S)NC1CCN(c2nncc3cc(Br)ccc23)CC1. The number of thiocarbonyl (C=S) groups is 1. The van der Waals surface area contributed by atoms with Crippen LogP contribution in [-0.4, -0.2) is 34.4 Å². The average molecular weight is 456 g/mol. The first-order valence-corrected chi connectivity index (χ1v) is 10.6. The average Bonchev–Trinajstić information content (AvgIpc) is 2.70. The second kappa shape index (κ2) is 8.41. The van der Waals surface area contributed by atoms with Crippen LogP contribution in [0, 0.1) is 6.92 Å². The molecule has 1 aliphatic rings. The van der Waals surface area contributed by atoms with E-state index in [9.17, 15) is 0 Å². The molecule has 1 saturated heterocycles. The van der Waals surface area contributed by atoms with Crippen LogP contribution in [0.25, 0.3) is 10.8 Å². The predicted molar refractivity (Wildman–Crippen MR) is 123 cm³/mol. The lowest BCUT2D eigenvalue weighted by atomic mass is 10.0. The third-order valence-electron chi connectivity index (χ3n) is 5.13. The Morgan fingerprint density at radius 3 is 2.75 bits per heavy atom. The molecule has 7 heteroatoms. The molecule has 2 N–H and O–H groups in total. The Hall–Kier alpha value is -2.25. The Morgan fingerprint density at radius 2 is 1.96 bits per heavy atom. The summed E-state index contributed by atoms with van der Waals surface area (Å²) < 4.78 is 1.05. The number of aryl methyl sites for hydroxylation is 1. The van der Waals surface area contributed by atoms with E-state index in [1.807, 2.05) is 24.4 Å². The standard InChI is InChI=1S/C21H22BrN5S/c1-14-4-2-3-5-19(14)25-21(28)24-17-8-10-27(11-9-17)20-18-7-6-16(22)12-15(18)13-23-26-20/h2-7,12-13,17H,8-11H2,1H3,(H2,24,25,28). The zero-order valence-electron chi connectivity index (χ0n) is 15.7. The minimum Gasteiger partial charge on any atom is -0.360 e. The van der Waals surface area contributed by atoms with Crippen molar-refractivity contribution in [2.24, 2.45) is 0 Å². The number of nitrogens with zero attached hydrogens (tertiary/aromatic N) is 3. The molecule has 5 nitrogen and oxygen atoms in total. The van der Waals surface area contributed by atoms with Gasteiger partial charge < -0.3 is 15.5 Å². The Kier molecular flexibility index (Phi) is 5.73. The zero-order valence-corrected chi connectivity index (χ0v) is 18.1. The van der Waals surface area contributed by atoms with Crippen molar-refractivity contribution in [1.29, 1.82) is 0 Å². The molecule has 0 atom stereocenters. The van der Waals surface area contributed by atoms with Gasteiger partial charge in [-0.05, 0) is 61.8 Å². The molecule has 2 aromatic carbocycles. The first-order chi connectivity index (χ1) is 13.6. The van der Waals surface area contributed by atoms with Gasteiger partial charge in [0.2, 0.25) is 0 Å². The van der Waals surface area contributed by atoms with Crippen LogP contribution >= 0.6 is 28.1 Å². The van der Waals surface area contributed by atoms with Gasteiger partial charge in [-0.15, -0.1) is 5.10 Å². The molecular formula is C21H22BrN5S. The molecular weight excluding hydrogens is 434 g/mol. The van der Waals surface area contributed by atoms with Crippen LogP contribution < -0.4 is 15.5 Å². The molecule has 0 bridgehead atoms. The van der Waals surface area contributed by atoms with Crippen LogP contribution in [0.2, 0.25) is 0 Å². The lowest BCUT2D eigenvalue weighted by molar-refractivity contribution is 0.466. The highest BCUT2D eigenvalue weighted by molar-refractivity contribution is 9.10. The molecule has 144 valence electrons. The Balaban J connectivity index is 1.37. The van der Waals surface area contributed by atoms with Crippen molar-refractivity contribution in [3.05, 3.63) is 58.7 Å². The van der Waals surface area contributed by atoms with Crippen LogP contribution in [0.15, 0.2) is 53.1 Å².